The highest BCUT2D eigenvalue weighted by molar-refractivity contribution is 6.30. The molecule has 264 valence electrons. The average molecular weight is 754 g/mol. The summed E-state index contributed by atoms with van der Waals surface area (Å²) in [6.45, 7) is 0. The van der Waals surface area contributed by atoms with E-state index in [0.29, 0.717) is 33.3 Å². The van der Waals surface area contributed by atoms with E-state index in [1.165, 1.54) is 24.3 Å². The van der Waals surface area contributed by atoms with Gasteiger partial charge in [0.25, 0.3) is 11.4 Å². The van der Waals surface area contributed by atoms with Crippen molar-refractivity contribution in [2.24, 2.45) is 0 Å². The van der Waals surface area contributed by atoms with Crippen molar-refractivity contribution >= 4 is 34.6 Å². The third-order valence-electron chi connectivity index (χ3n) is 8.23. The zero-order valence-electron chi connectivity index (χ0n) is 28.0. The summed E-state index contributed by atoms with van der Waals surface area (Å²) >= 11 is 12.1. The molecule has 0 atom stereocenters. The van der Waals surface area contributed by atoms with Gasteiger partial charge in [-0.3, -0.25) is 29.4 Å². The molecule has 0 saturated heterocycles. The molecule has 0 aliphatic heterocycles. The van der Waals surface area contributed by atoms with Crippen LogP contribution in [0.4, 0.5) is 11.4 Å². The Hall–Kier alpha value is -7.02. The maximum atomic E-state index is 10.9. The van der Waals surface area contributed by atoms with E-state index in [2.05, 4.69) is 20.4 Å². The minimum atomic E-state index is -0.427. The first-order chi connectivity index (χ1) is 26.3. The van der Waals surface area contributed by atoms with Crippen molar-refractivity contribution in [1.29, 1.82) is 0 Å². The monoisotopic (exact) mass is 752 g/mol. The fourth-order valence-electron chi connectivity index (χ4n) is 5.62. The highest BCUT2D eigenvalue weighted by atomic mass is 35.5. The zero-order chi connectivity index (χ0) is 37.6. The fourth-order valence-corrected chi connectivity index (χ4v) is 5.88. The van der Waals surface area contributed by atoms with Gasteiger partial charge in [-0.2, -0.15) is 0 Å². The summed E-state index contributed by atoms with van der Waals surface area (Å²) in [6.07, 6.45) is 0. The van der Waals surface area contributed by atoms with Gasteiger partial charge in [0, 0.05) is 67.9 Å². The molecule has 2 aromatic heterocycles. The van der Waals surface area contributed by atoms with Crippen molar-refractivity contribution in [3.05, 3.63) is 188 Å². The zero-order valence-corrected chi connectivity index (χ0v) is 29.5. The van der Waals surface area contributed by atoms with Crippen LogP contribution in [0.2, 0.25) is 10.0 Å². The number of hydrogen-bond acceptors (Lipinski definition) is 8. The van der Waals surface area contributed by atoms with Crippen molar-refractivity contribution in [3.8, 4) is 56.9 Å². The van der Waals surface area contributed by atoms with E-state index in [1.807, 2.05) is 94.1 Å². The number of nitro groups is 2. The summed E-state index contributed by atoms with van der Waals surface area (Å²) in [6, 6.07) is 46.6. The van der Waals surface area contributed by atoms with Crippen LogP contribution in [0, 0.1) is 20.2 Å². The van der Waals surface area contributed by atoms with Gasteiger partial charge in [0.15, 0.2) is 23.3 Å². The van der Waals surface area contributed by atoms with Gasteiger partial charge in [0.1, 0.15) is 0 Å². The fraction of sp³-hybridized carbons (Fsp3) is 0. The summed E-state index contributed by atoms with van der Waals surface area (Å²) in [4.78, 5) is 21.0. The van der Waals surface area contributed by atoms with Crippen molar-refractivity contribution in [1.82, 2.24) is 29.5 Å². The highest BCUT2D eigenvalue weighted by Crippen LogP contribution is 2.31. The van der Waals surface area contributed by atoms with Crippen molar-refractivity contribution in [3.63, 3.8) is 0 Å². The van der Waals surface area contributed by atoms with E-state index < -0.39 is 9.85 Å². The van der Waals surface area contributed by atoms with Crippen LogP contribution in [0.5, 0.6) is 0 Å². The Morgan fingerprint density at radius 2 is 0.667 bits per heavy atom. The molecule has 54 heavy (non-hydrogen) atoms. The lowest BCUT2D eigenvalue weighted by molar-refractivity contribution is -0.385. The van der Waals surface area contributed by atoms with Gasteiger partial charge >= 0.3 is 0 Å². The van der Waals surface area contributed by atoms with Crippen LogP contribution in [0.25, 0.3) is 56.9 Å². The van der Waals surface area contributed by atoms with Crippen LogP contribution in [-0.4, -0.2) is 39.4 Å². The van der Waals surface area contributed by atoms with Gasteiger partial charge in [-0.15, -0.1) is 20.4 Å². The van der Waals surface area contributed by atoms with E-state index in [1.54, 1.807) is 48.5 Å². The third-order valence-corrected chi connectivity index (χ3v) is 8.74. The second-order valence-electron chi connectivity index (χ2n) is 11.7. The van der Waals surface area contributed by atoms with Gasteiger partial charge in [-0.05, 0) is 72.8 Å². The second-order valence-corrected chi connectivity index (χ2v) is 12.5. The van der Waals surface area contributed by atoms with Crippen LogP contribution in [-0.2, 0) is 0 Å². The summed E-state index contributed by atoms with van der Waals surface area (Å²) in [5.41, 5.74) is 5.02. The topological polar surface area (TPSA) is 148 Å². The first kappa shape index (κ1) is 35.4. The number of nitrogens with zero attached hydrogens (tertiary/aromatic N) is 8. The normalized spacial score (nSPS) is 10.7. The number of rotatable bonds is 8. The average Bonchev–Trinajstić information content (AvgIpc) is 3.86. The van der Waals surface area contributed by atoms with E-state index >= 15 is 0 Å². The quantitative estimate of drug-likeness (QED) is 0.110. The van der Waals surface area contributed by atoms with Crippen LogP contribution in [0.1, 0.15) is 0 Å². The van der Waals surface area contributed by atoms with E-state index in [0.717, 1.165) is 33.6 Å². The number of non-ortho nitro benzene ring substituents is 2. The number of nitro benzene ring substituents is 2. The number of benzene rings is 6. The number of aromatic nitrogens is 6. The molecule has 0 aliphatic carbocycles. The van der Waals surface area contributed by atoms with E-state index in [4.69, 9.17) is 23.2 Å². The molecule has 0 aliphatic rings. The Balaban J connectivity index is 0.000000167. The molecular weight excluding hydrogens is 727 g/mol. The molecule has 6 aromatic carbocycles. The second kappa shape index (κ2) is 15.7. The Morgan fingerprint density at radius 1 is 0.389 bits per heavy atom. The van der Waals surface area contributed by atoms with Crippen molar-refractivity contribution in [2.75, 3.05) is 0 Å². The smallest absolute Gasteiger partial charge is 0.269 e. The van der Waals surface area contributed by atoms with Crippen LogP contribution in [0.15, 0.2) is 158 Å². The molecule has 0 radical (unpaired) electrons. The van der Waals surface area contributed by atoms with E-state index in [9.17, 15) is 20.2 Å². The number of halogens is 2. The molecule has 2 heterocycles. The minimum Gasteiger partial charge on any atom is -0.275 e. The SMILES string of the molecule is O=[N+]([O-])c1ccc(-c2nnc(-c3ccccc3)n2-c2ccc(Cl)cc2)cc1.O=[N+]([O-])c1ccc(-c2nnc(-c3ccccc3)n2-c2ccc(Cl)cc2)cc1. The molecule has 0 spiro atoms. The summed E-state index contributed by atoms with van der Waals surface area (Å²) in [5, 5.41) is 40.5. The maximum absolute atomic E-state index is 10.9. The molecule has 0 N–H and O–H groups in total. The molecule has 0 unspecified atom stereocenters. The first-order valence-corrected chi connectivity index (χ1v) is 17.1. The molecule has 0 amide bonds. The Kier molecular flexibility index (Phi) is 10.3. The molecule has 8 aromatic rings. The summed E-state index contributed by atoms with van der Waals surface area (Å²) < 4.78 is 3.82. The number of hydrogen-bond donors (Lipinski definition) is 0. The predicted octanol–water partition coefficient (Wildman–Crippen LogP) is 10.3. The molecule has 0 bridgehead atoms. The van der Waals surface area contributed by atoms with Crippen LogP contribution in [0.3, 0.4) is 0 Å². The third kappa shape index (κ3) is 7.60. The molecule has 0 fully saturated rings. The Labute approximate surface area is 317 Å². The van der Waals surface area contributed by atoms with Gasteiger partial charge in [-0.25, -0.2) is 0 Å². The molecule has 0 saturated carbocycles. The van der Waals surface area contributed by atoms with Crippen molar-refractivity contribution in [2.45, 2.75) is 0 Å². The summed E-state index contributed by atoms with van der Waals surface area (Å²) in [5.74, 6) is 2.52. The molecule has 12 nitrogen and oxygen atoms in total. The molecule has 14 heteroatoms. The largest absolute Gasteiger partial charge is 0.275 e. The van der Waals surface area contributed by atoms with Crippen molar-refractivity contribution < 1.29 is 9.85 Å². The Bertz CT molecular complexity index is 2360. The first-order valence-electron chi connectivity index (χ1n) is 16.3. The van der Waals surface area contributed by atoms with Gasteiger partial charge in [0.2, 0.25) is 0 Å². The maximum Gasteiger partial charge on any atom is 0.269 e. The van der Waals surface area contributed by atoms with Crippen LogP contribution < -0.4 is 0 Å². The minimum absolute atomic E-state index is 0.0274. The van der Waals surface area contributed by atoms with Gasteiger partial charge in [0.05, 0.1) is 9.85 Å². The summed E-state index contributed by atoms with van der Waals surface area (Å²) in [7, 11) is 0. The van der Waals surface area contributed by atoms with Gasteiger partial charge in [-0.1, -0.05) is 83.9 Å². The lowest BCUT2D eigenvalue weighted by Gasteiger charge is -2.11. The highest BCUT2D eigenvalue weighted by Gasteiger charge is 2.19. The lowest BCUT2D eigenvalue weighted by Crippen LogP contribution is -2.00. The Morgan fingerprint density at radius 3 is 0.944 bits per heavy atom. The molecular formula is C40H26Cl2N8O4. The predicted molar refractivity (Wildman–Crippen MR) is 208 cm³/mol. The van der Waals surface area contributed by atoms with E-state index in [-0.39, 0.29) is 11.4 Å². The molecule has 8 rings (SSSR count). The standard InChI is InChI=1S/2C20H13ClN4O2/c2*21-16-8-12-17(13-9-16)24-19(14-4-2-1-3-5-14)22-23-20(24)15-6-10-18(11-7-15)25(26)27/h2*1-13H. The lowest BCUT2D eigenvalue weighted by atomic mass is 10.1. The van der Waals surface area contributed by atoms with Gasteiger partial charge < -0.3 is 0 Å². The van der Waals surface area contributed by atoms with Crippen LogP contribution >= 0.6 is 23.2 Å².